The molecule has 60 heavy (non-hydrogen) atoms. The zero-order chi connectivity index (χ0) is 42.8. The van der Waals surface area contributed by atoms with Crippen molar-refractivity contribution in [2.45, 2.75) is 141 Å². The molecule has 3 aromatic rings. The van der Waals surface area contributed by atoms with Crippen molar-refractivity contribution in [1.29, 1.82) is 0 Å². The number of rotatable bonds is 10. The monoisotopic (exact) mass is 832 g/mol. The SMILES string of the molecule is CC1C(CN2C(C(=O)NC(C)(C)C)CCC3CCCCC32)OC(c2cccc(-c3cccc(CNC(=O)C4CCCN4C(=O)C(F)(F)F)c3)c2)OC1c1ccc(CO)cc1. The largest absolute Gasteiger partial charge is 0.471 e. The molecule has 3 N–H and O–H groups in total. The summed E-state index contributed by atoms with van der Waals surface area (Å²) in [6, 6.07) is 22.2. The van der Waals surface area contributed by atoms with Gasteiger partial charge in [0.15, 0.2) is 6.29 Å². The fourth-order valence-electron chi connectivity index (χ4n) is 9.74. The number of hydrogen-bond donors (Lipinski definition) is 3. The van der Waals surface area contributed by atoms with Crippen molar-refractivity contribution in [3.05, 3.63) is 95.1 Å². The first kappa shape index (κ1) is 43.8. The van der Waals surface area contributed by atoms with Crippen LogP contribution < -0.4 is 10.6 Å². The fourth-order valence-corrected chi connectivity index (χ4v) is 9.74. The Morgan fingerprint density at radius 3 is 2.22 bits per heavy atom. The van der Waals surface area contributed by atoms with Gasteiger partial charge in [-0.15, -0.1) is 0 Å². The highest BCUT2D eigenvalue weighted by atomic mass is 19.4. The molecule has 0 bridgehead atoms. The number of aliphatic hydroxyl groups is 1. The van der Waals surface area contributed by atoms with Crippen molar-refractivity contribution in [2.75, 3.05) is 13.1 Å². The van der Waals surface area contributed by atoms with Gasteiger partial charge in [0.1, 0.15) is 6.04 Å². The summed E-state index contributed by atoms with van der Waals surface area (Å²) < 4.78 is 53.4. The molecular weight excluding hydrogens is 774 g/mol. The molecule has 8 unspecified atom stereocenters. The number of fused-ring (bicyclic) bond motifs is 1. The summed E-state index contributed by atoms with van der Waals surface area (Å²) in [5.41, 5.74) is 4.72. The summed E-state index contributed by atoms with van der Waals surface area (Å²) in [5, 5.41) is 15.8. The van der Waals surface area contributed by atoms with Gasteiger partial charge in [0, 0.05) is 42.7 Å². The fraction of sp³-hybridized carbons (Fsp3) is 0.553. The summed E-state index contributed by atoms with van der Waals surface area (Å²) in [5.74, 6) is -2.07. The third-order valence-electron chi connectivity index (χ3n) is 12.8. The number of carbonyl (C=O) groups excluding carboxylic acids is 3. The zero-order valence-electron chi connectivity index (χ0n) is 35.0. The molecule has 1 saturated carbocycles. The Hall–Kier alpha value is -4.30. The summed E-state index contributed by atoms with van der Waals surface area (Å²) in [6.07, 6.45) is 0.523. The third kappa shape index (κ3) is 10.1. The maximum atomic E-state index is 13.9. The minimum atomic E-state index is -5.04. The van der Waals surface area contributed by atoms with Gasteiger partial charge in [0.25, 0.3) is 0 Å². The lowest BCUT2D eigenvalue weighted by Crippen LogP contribution is -2.61. The van der Waals surface area contributed by atoms with Crippen LogP contribution in [0.2, 0.25) is 0 Å². The smallest absolute Gasteiger partial charge is 0.392 e. The molecule has 324 valence electrons. The summed E-state index contributed by atoms with van der Waals surface area (Å²) in [7, 11) is 0. The molecule has 0 radical (unpaired) electrons. The van der Waals surface area contributed by atoms with Gasteiger partial charge < -0.3 is 30.1 Å². The van der Waals surface area contributed by atoms with Crippen LogP contribution in [-0.4, -0.2) is 81.7 Å². The topological polar surface area (TPSA) is 120 Å². The van der Waals surface area contributed by atoms with E-state index in [1.807, 2.05) is 93.6 Å². The van der Waals surface area contributed by atoms with Crippen LogP contribution in [0.1, 0.15) is 114 Å². The Morgan fingerprint density at radius 2 is 1.50 bits per heavy atom. The number of nitrogens with zero attached hydrogens (tertiary/aromatic N) is 2. The van der Waals surface area contributed by atoms with E-state index in [4.69, 9.17) is 9.47 Å². The minimum absolute atomic E-state index is 0.0606. The number of hydrogen-bond acceptors (Lipinski definition) is 7. The number of carbonyl (C=O) groups is 3. The molecule has 3 amide bonds. The Kier molecular flexibility index (Phi) is 13.4. The van der Waals surface area contributed by atoms with Crippen LogP contribution in [0.5, 0.6) is 0 Å². The summed E-state index contributed by atoms with van der Waals surface area (Å²) in [4.78, 5) is 42.0. The lowest BCUT2D eigenvalue weighted by molar-refractivity contribution is -0.278. The highest BCUT2D eigenvalue weighted by Gasteiger charge is 2.48. The standard InChI is InChI=1S/C47H59F3N4O6/c1-29-40(27-54-37-15-6-5-11-32(37)21-22-39(54)43(57)52-46(2,3)4)59-44(60-41(29)33-19-17-30(28-55)18-20-33)36-14-8-13-35(25-36)34-12-7-10-31(24-34)26-51-42(56)38-16-9-23-53(38)45(58)47(48,49)50/h7-8,10,12-14,17-20,24-25,29,32,37-41,44,55H,5-6,9,11,15-16,21-23,26-28H2,1-4H3,(H,51,56)(H,52,57). The molecule has 8 atom stereocenters. The molecule has 1 aliphatic carbocycles. The summed E-state index contributed by atoms with van der Waals surface area (Å²) in [6.45, 7) is 8.69. The lowest BCUT2D eigenvalue weighted by Gasteiger charge is -2.51. The first-order chi connectivity index (χ1) is 28.6. The number of likely N-dealkylation sites (tertiary alicyclic amines) is 2. The normalized spacial score (nSPS) is 27.6. The number of amides is 3. The first-order valence-electron chi connectivity index (χ1n) is 21.5. The molecule has 3 aromatic carbocycles. The van der Waals surface area contributed by atoms with E-state index < -0.39 is 30.3 Å². The van der Waals surface area contributed by atoms with Crippen molar-refractivity contribution < 1.29 is 42.1 Å². The van der Waals surface area contributed by atoms with Crippen molar-refractivity contribution >= 4 is 17.7 Å². The van der Waals surface area contributed by atoms with Gasteiger partial charge >= 0.3 is 12.1 Å². The van der Waals surface area contributed by atoms with Gasteiger partial charge in [-0.1, -0.05) is 80.4 Å². The van der Waals surface area contributed by atoms with E-state index in [2.05, 4.69) is 22.5 Å². The number of aliphatic hydroxyl groups excluding tert-OH is 1. The van der Waals surface area contributed by atoms with E-state index in [-0.39, 0.29) is 61.7 Å². The Balaban J connectivity index is 1.13. The van der Waals surface area contributed by atoms with Crippen LogP contribution in [0.3, 0.4) is 0 Å². The maximum Gasteiger partial charge on any atom is 0.471 e. The Morgan fingerprint density at radius 1 is 0.783 bits per heavy atom. The third-order valence-corrected chi connectivity index (χ3v) is 12.8. The molecule has 0 spiro atoms. The lowest BCUT2D eigenvalue weighted by atomic mass is 9.75. The number of halogens is 3. The molecule has 3 saturated heterocycles. The first-order valence-corrected chi connectivity index (χ1v) is 21.5. The van der Waals surface area contributed by atoms with Crippen LogP contribution in [0.15, 0.2) is 72.8 Å². The van der Waals surface area contributed by atoms with Gasteiger partial charge in [0.05, 0.1) is 24.9 Å². The van der Waals surface area contributed by atoms with E-state index in [9.17, 15) is 32.7 Å². The van der Waals surface area contributed by atoms with Crippen molar-refractivity contribution in [3.8, 4) is 11.1 Å². The molecule has 0 aromatic heterocycles. The zero-order valence-corrected chi connectivity index (χ0v) is 35.0. The molecule has 7 rings (SSSR count). The highest BCUT2D eigenvalue weighted by Crippen LogP contribution is 2.45. The molecule has 13 heteroatoms. The average Bonchev–Trinajstić information content (AvgIpc) is 3.73. The van der Waals surface area contributed by atoms with E-state index in [1.165, 1.54) is 12.8 Å². The molecule has 4 fully saturated rings. The van der Waals surface area contributed by atoms with Gasteiger partial charge in [-0.25, -0.2) is 0 Å². The van der Waals surface area contributed by atoms with Crippen molar-refractivity contribution in [1.82, 2.24) is 20.4 Å². The molecule has 4 aliphatic rings. The highest BCUT2D eigenvalue weighted by molar-refractivity contribution is 5.90. The minimum Gasteiger partial charge on any atom is -0.392 e. The van der Waals surface area contributed by atoms with E-state index in [1.54, 1.807) is 0 Å². The predicted octanol–water partition coefficient (Wildman–Crippen LogP) is 7.74. The van der Waals surface area contributed by atoms with Crippen LogP contribution in [-0.2, 0) is 37.0 Å². The van der Waals surface area contributed by atoms with Crippen LogP contribution in [0, 0.1) is 11.8 Å². The Labute approximate surface area is 351 Å². The molecule has 10 nitrogen and oxygen atoms in total. The maximum absolute atomic E-state index is 13.9. The molecular formula is C47H59F3N4O6. The Bertz CT molecular complexity index is 1990. The number of piperidine rings is 1. The second kappa shape index (κ2) is 18.4. The van der Waals surface area contributed by atoms with Crippen LogP contribution >= 0.6 is 0 Å². The average molecular weight is 833 g/mol. The van der Waals surface area contributed by atoms with Crippen molar-refractivity contribution in [3.63, 3.8) is 0 Å². The second-order valence-electron chi connectivity index (χ2n) is 18.2. The summed E-state index contributed by atoms with van der Waals surface area (Å²) >= 11 is 0. The van der Waals surface area contributed by atoms with E-state index in [0.717, 1.165) is 59.1 Å². The number of alkyl halides is 3. The number of ether oxygens (including phenoxy) is 2. The van der Waals surface area contributed by atoms with Gasteiger partial charge in [0.2, 0.25) is 11.8 Å². The molecule has 3 heterocycles. The quantitative estimate of drug-likeness (QED) is 0.191. The molecule has 3 aliphatic heterocycles. The van der Waals surface area contributed by atoms with Crippen LogP contribution in [0.4, 0.5) is 13.2 Å². The van der Waals surface area contributed by atoms with Gasteiger partial charge in [-0.2, -0.15) is 13.2 Å². The van der Waals surface area contributed by atoms with Gasteiger partial charge in [-0.05, 0) is 105 Å². The van der Waals surface area contributed by atoms with Gasteiger partial charge in [-0.3, -0.25) is 19.3 Å². The van der Waals surface area contributed by atoms with E-state index in [0.29, 0.717) is 29.8 Å². The van der Waals surface area contributed by atoms with Crippen molar-refractivity contribution in [2.24, 2.45) is 11.8 Å². The number of benzene rings is 3. The van der Waals surface area contributed by atoms with E-state index >= 15 is 0 Å². The second-order valence-corrected chi connectivity index (χ2v) is 18.2. The van der Waals surface area contributed by atoms with Crippen LogP contribution in [0.25, 0.3) is 11.1 Å². The predicted molar refractivity (Wildman–Crippen MR) is 221 cm³/mol. The number of nitrogens with one attached hydrogen (secondary N) is 2.